The molecule has 0 spiro atoms. The highest BCUT2D eigenvalue weighted by Crippen LogP contribution is 1.98. The van der Waals surface area contributed by atoms with Gasteiger partial charge >= 0.3 is 5.82 Å². The lowest BCUT2D eigenvalue weighted by Crippen LogP contribution is -3.00. The molecule has 19 heavy (non-hydrogen) atoms. The lowest BCUT2D eigenvalue weighted by atomic mass is 10.3. The van der Waals surface area contributed by atoms with Gasteiger partial charge in [-0.05, 0) is 19.5 Å². The predicted molar refractivity (Wildman–Crippen MR) is 74.6 cm³/mol. The van der Waals surface area contributed by atoms with Crippen molar-refractivity contribution in [1.29, 1.82) is 0 Å². The van der Waals surface area contributed by atoms with E-state index in [1.165, 1.54) is 6.21 Å². The number of oxime groups is 1. The molecule has 1 aromatic heterocycles. The average molecular weight is 311 g/mol. The van der Waals surface area contributed by atoms with E-state index in [1.807, 2.05) is 24.0 Å². The van der Waals surface area contributed by atoms with Crippen LogP contribution in [0.25, 0.3) is 0 Å². The van der Waals surface area contributed by atoms with Crippen LogP contribution in [-0.4, -0.2) is 40.5 Å². The summed E-state index contributed by atoms with van der Waals surface area (Å²) in [5.41, 5.74) is 0. The highest BCUT2D eigenvalue weighted by Gasteiger charge is 2.12. The summed E-state index contributed by atoms with van der Waals surface area (Å²) in [5.74, 6) is 0.909. The Bertz CT molecular complexity index is 365. The molecule has 0 aliphatic carbocycles. The third kappa shape index (κ3) is 6.27. The van der Waals surface area contributed by atoms with Gasteiger partial charge in [-0.2, -0.15) is 0 Å². The van der Waals surface area contributed by atoms with Gasteiger partial charge in [0.25, 0.3) is 0 Å². The third-order valence-electron chi connectivity index (χ3n) is 3.07. The van der Waals surface area contributed by atoms with Crippen LogP contribution in [0.2, 0.25) is 0 Å². The van der Waals surface area contributed by atoms with E-state index in [-0.39, 0.29) is 24.8 Å². The summed E-state index contributed by atoms with van der Waals surface area (Å²) in [6.07, 6.45) is 6.55. The van der Waals surface area contributed by atoms with Gasteiger partial charge in [0.15, 0.2) is 6.21 Å². The number of aromatic nitrogens is 2. The van der Waals surface area contributed by atoms with Crippen molar-refractivity contribution in [3.8, 4) is 0 Å². The predicted octanol–water partition coefficient (Wildman–Crippen LogP) is -1.72. The minimum absolute atomic E-state index is 0. The monoisotopic (exact) mass is 310 g/mol. The van der Waals surface area contributed by atoms with Gasteiger partial charge in [-0.1, -0.05) is 19.0 Å². The number of rotatable bonds is 7. The third-order valence-corrected chi connectivity index (χ3v) is 3.07. The average Bonchev–Trinajstić information content (AvgIpc) is 2.68. The van der Waals surface area contributed by atoms with Crippen LogP contribution in [-0.2, 0) is 13.6 Å². The molecule has 112 valence electrons. The maximum absolute atomic E-state index is 8.61. The van der Waals surface area contributed by atoms with Gasteiger partial charge in [-0.25, -0.2) is 9.13 Å². The summed E-state index contributed by atoms with van der Waals surface area (Å²) in [6, 6.07) is 0. The number of imidazole rings is 1. The second kappa shape index (κ2) is 11.1. The van der Waals surface area contributed by atoms with Crippen molar-refractivity contribution in [3.63, 3.8) is 0 Å². The van der Waals surface area contributed by atoms with Crippen molar-refractivity contribution in [3.05, 3.63) is 18.2 Å². The van der Waals surface area contributed by atoms with Crippen LogP contribution in [0.15, 0.2) is 17.5 Å². The van der Waals surface area contributed by atoms with Gasteiger partial charge < -0.3 is 22.5 Å². The first-order valence-corrected chi connectivity index (χ1v) is 6.17. The lowest BCUT2D eigenvalue weighted by Gasteiger charge is -2.16. The maximum Gasteiger partial charge on any atom is 0.303 e. The molecule has 0 atom stereocenters. The Balaban J connectivity index is 0. The smallest absolute Gasteiger partial charge is 0.303 e. The van der Waals surface area contributed by atoms with E-state index >= 15 is 0 Å². The molecule has 1 N–H and O–H groups in total. The summed E-state index contributed by atoms with van der Waals surface area (Å²) >= 11 is 0. The number of aryl methyl sites for hydroxylation is 2. The molecule has 0 bridgehead atoms. The Morgan fingerprint density at radius 2 is 2.05 bits per heavy atom. The minimum atomic E-state index is 0. The van der Waals surface area contributed by atoms with Crippen molar-refractivity contribution in [2.24, 2.45) is 12.2 Å². The molecule has 0 aliphatic heterocycles. The van der Waals surface area contributed by atoms with Crippen LogP contribution in [0.3, 0.4) is 0 Å². The summed E-state index contributed by atoms with van der Waals surface area (Å²) in [6.45, 7) is 8.61. The van der Waals surface area contributed by atoms with Gasteiger partial charge in [-0.3, -0.25) is 0 Å². The van der Waals surface area contributed by atoms with Crippen molar-refractivity contribution >= 4 is 18.6 Å². The normalized spacial score (nSPS) is 10.5. The first-order valence-electron chi connectivity index (χ1n) is 6.17. The van der Waals surface area contributed by atoms with Gasteiger partial charge in [-0.15, -0.1) is 12.4 Å². The molecule has 0 aliphatic rings. The highest BCUT2D eigenvalue weighted by atomic mass is 35.5. The zero-order chi connectivity index (χ0) is 12.7. The Hall–Kier alpha value is -0.780. The molecule has 0 aromatic carbocycles. The van der Waals surface area contributed by atoms with E-state index in [0.29, 0.717) is 0 Å². The fourth-order valence-electron chi connectivity index (χ4n) is 1.95. The highest BCUT2D eigenvalue weighted by molar-refractivity contribution is 5.85. The molecule has 1 aromatic rings. The summed E-state index contributed by atoms with van der Waals surface area (Å²) in [7, 11) is 1.94. The molecule has 0 fully saturated rings. The van der Waals surface area contributed by atoms with Crippen LogP contribution in [0.1, 0.15) is 26.1 Å². The Kier molecular flexibility index (Phi) is 12.0. The topological polar surface area (TPSA) is 44.6 Å². The quantitative estimate of drug-likeness (QED) is 0.282. The van der Waals surface area contributed by atoms with Crippen molar-refractivity contribution < 1.29 is 22.2 Å². The van der Waals surface area contributed by atoms with Gasteiger partial charge in [0, 0.05) is 6.54 Å². The van der Waals surface area contributed by atoms with Crippen molar-refractivity contribution in [2.75, 3.05) is 19.6 Å². The van der Waals surface area contributed by atoms with E-state index < -0.39 is 0 Å². The lowest BCUT2D eigenvalue weighted by molar-refractivity contribution is -0.671. The molecule has 0 radical (unpaired) electrons. The van der Waals surface area contributed by atoms with E-state index in [4.69, 9.17) is 5.21 Å². The molecule has 1 heterocycles. The van der Waals surface area contributed by atoms with Crippen molar-refractivity contribution in [1.82, 2.24) is 9.47 Å². The van der Waals surface area contributed by atoms with Crippen LogP contribution in [0.4, 0.5) is 0 Å². The number of hydrogen-bond acceptors (Lipinski definition) is 3. The van der Waals surface area contributed by atoms with E-state index in [0.717, 1.165) is 38.4 Å². The molecule has 0 unspecified atom stereocenters. The molecule has 0 saturated heterocycles. The van der Waals surface area contributed by atoms with E-state index in [9.17, 15) is 0 Å². The summed E-state index contributed by atoms with van der Waals surface area (Å²) < 4.78 is 4.04. The molecule has 0 amide bonds. The number of hydrogen-bond donors (Lipinski definition) is 1. The van der Waals surface area contributed by atoms with E-state index in [1.54, 1.807) is 0 Å². The second-order valence-electron chi connectivity index (χ2n) is 4.09. The first kappa shape index (κ1) is 20.5. The minimum Gasteiger partial charge on any atom is -1.00 e. The fourth-order valence-corrected chi connectivity index (χ4v) is 1.95. The van der Waals surface area contributed by atoms with Crippen LogP contribution in [0, 0.1) is 0 Å². The SMILES string of the molecule is CCN(CC)CCCn1cc[n+](C)c1/C=N/O.Cl.[Cl-]. The van der Waals surface area contributed by atoms with Crippen molar-refractivity contribution in [2.45, 2.75) is 26.8 Å². The van der Waals surface area contributed by atoms with Crippen LogP contribution < -0.4 is 17.0 Å². The maximum atomic E-state index is 8.61. The zero-order valence-electron chi connectivity index (χ0n) is 11.8. The molecular formula is C12H24Cl2N4O. The molecule has 5 nitrogen and oxygen atoms in total. The van der Waals surface area contributed by atoms with Gasteiger partial charge in [0.05, 0.1) is 13.6 Å². The zero-order valence-corrected chi connectivity index (χ0v) is 13.4. The largest absolute Gasteiger partial charge is 1.00 e. The molecular weight excluding hydrogens is 287 g/mol. The second-order valence-corrected chi connectivity index (χ2v) is 4.09. The summed E-state index contributed by atoms with van der Waals surface area (Å²) in [4.78, 5) is 2.41. The van der Waals surface area contributed by atoms with Crippen LogP contribution in [0.5, 0.6) is 0 Å². The fraction of sp³-hybridized carbons (Fsp3) is 0.667. The first-order chi connectivity index (χ1) is 8.22. The Morgan fingerprint density at radius 1 is 1.42 bits per heavy atom. The summed E-state index contributed by atoms with van der Waals surface area (Å²) in [5, 5.41) is 11.7. The van der Waals surface area contributed by atoms with Gasteiger partial charge in [0.2, 0.25) is 0 Å². The molecule has 1 rings (SSSR count). The van der Waals surface area contributed by atoms with Crippen LogP contribution >= 0.6 is 12.4 Å². The number of nitrogens with zero attached hydrogens (tertiary/aromatic N) is 4. The molecule has 0 saturated carbocycles. The molecule has 7 heteroatoms. The van der Waals surface area contributed by atoms with E-state index in [2.05, 4.69) is 28.5 Å². The Morgan fingerprint density at radius 3 is 2.58 bits per heavy atom. The standard InChI is InChI=1S/C12H22N4O.2ClH/c1-4-15(5-2)7-6-8-16-10-9-14(3)12(16)11-13-17;;/h9-11H,4-8H2,1-3H3;2*1H. The number of halogens is 2. The Labute approximate surface area is 127 Å². The van der Waals surface area contributed by atoms with Gasteiger partial charge in [0.1, 0.15) is 12.4 Å².